The highest BCUT2D eigenvalue weighted by molar-refractivity contribution is 9.10. The lowest BCUT2D eigenvalue weighted by molar-refractivity contribution is -0.119. The van der Waals surface area contributed by atoms with Crippen LogP contribution in [0.5, 0.6) is 0 Å². The molecule has 1 heterocycles. The summed E-state index contributed by atoms with van der Waals surface area (Å²) in [5.74, 6) is -0.164. The Bertz CT molecular complexity index is 519. The molecule has 1 amide bonds. The molecule has 3 N–H and O–H groups in total. The summed E-state index contributed by atoms with van der Waals surface area (Å²) in [6.07, 6.45) is 2.25. The second kappa shape index (κ2) is 3.45. The van der Waals surface area contributed by atoms with Gasteiger partial charge in [0.05, 0.1) is 5.69 Å². The molecule has 1 saturated carbocycles. The minimum Gasteiger partial charge on any atom is -0.396 e. The van der Waals surface area contributed by atoms with Crippen molar-refractivity contribution in [3.05, 3.63) is 28.0 Å². The van der Waals surface area contributed by atoms with Crippen molar-refractivity contribution >= 4 is 27.5 Å². The van der Waals surface area contributed by atoms with Gasteiger partial charge in [-0.25, -0.2) is 4.39 Å². The molecule has 90 valence electrons. The van der Waals surface area contributed by atoms with E-state index in [0.29, 0.717) is 10.9 Å². The van der Waals surface area contributed by atoms with E-state index in [2.05, 4.69) is 21.2 Å². The van der Waals surface area contributed by atoms with Crippen LogP contribution in [-0.2, 0) is 4.79 Å². The quantitative estimate of drug-likeness (QED) is 0.782. The third-order valence-corrected chi connectivity index (χ3v) is 4.22. The van der Waals surface area contributed by atoms with Crippen LogP contribution in [-0.4, -0.2) is 11.4 Å². The first-order valence-electron chi connectivity index (χ1n) is 5.57. The minimum absolute atomic E-state index is 0.0848. The van der Waals surface area contributed by atoms with Crippen LogP contribution in [0.25, 0.3) is 0 Å². The summed E-state index contributed by atoms with van der Waals surface area (Å²) in [5.41, 5.74) is 6.62. The molecule has 2 unspecified atom stereocenters. The van der Waals surface area contributed by atoms with Gasteiger partial charge in [0.15, 0.2) is 0 Å². The second-order valence-electron chi connectivity index (χ2n) is 4.85. The molecule has 5 heteroatoms. The van der Waals surface area contributed by atoms with Crippen molar-refractivity contribution in [3.8, 4) is 0 Å². The number of amides is 1. The van der Waals surface area contributed by atoms with E-state index in [1.807, 2.05) is 6.07 Å². The van der Waals surface area contributed by atoms with Crippen molar-refractivity contribution < 1.29 is 9.18 Å². The first-order chi connectivity index (χ1) is 8.02. The SMILES string of the molecule is Nc1c(F)cc(Br)cc1C1CC12CCC(=O)N2. The van der Waals surface area contributed by atoms with Gasteiger partial charge >= 0.3 is 0 Å². The normalized spacial score (nSPS) is 30.7. The number of nitrogens with one attached hydrogen (secondary N) is 1. The van der Waals surface area contributed by atoms with Gasteiger partial charge in [-0.05, 0) is 30.5 Å². The summed E-state index contributed by atoms with van der Waals surface area (Å²) in [4.78, 5) is 11.3. The Labute approximate surface area is 107 Å². The van der Waals surface area contributed by atoms with Gasteiger partial charge in [-0.2, -0.15) is 0 Å². The lowest BCUT2D eigenvalue weighted by atomic mass is 10.0. The Morgan fingerprint density at radius 3 is 2.94 bits per heavy atom. The molecule has 2 atom stereocenters. The van der Waals surface area contributed by atoms with Gasteiger partial charge in [0.1, 0.15) is 5.82 Å². The monoisotopic (exact) mass is 298 g/mol. The van der Waals surface area contributed by atoms with Gasteiger partial charge in [0, 0.05) is 22.4 Å². The molecule has 0 aromatic heterocycles. The van der Waals surface area contributed by atoms with Crippen LogP contribution in [0.15, 0.2) is 16.6 Å². The van der Waals surface area contributed by atoms with E-state index in [1.54, 1.807) is 0 Å². The molecule has 2 aliphatic rings. The maximum atomic E-state index is 13.5. The van der Waals surface area contributed by atoms with Crippen molar-refractivity contribution in [2.75, 3.05) is 5.73 Å². The highest BCUT2D eigenvalue weighted by atomic mass is 79.9. The van der Waals surface area contributed by atoms with Crippen molar-refractivity contribution in [3.63, 3.8) is 0 Å². The third kappa shape index (κ3) is 1.64. The zero-order valence-corrected chi connectivity index (χ0v) is 10.7. The number of rotatable bonds is 1. The predicted octanol–water partition coefficient (Wildman–Crippen LogP) is 2.31. The Hall–Kier alpha value is -1.10. The number of carbonyl (C=O) groups excluding carboxylic acids is 1. The molecule has 0 radical (unpaired) electrons. The lowest BCUT2D eigenvalue weighted by Crippen LogP contribution is -2.28. The standard InChI is InChI=1S/C12H12BrFN2O/c13-6-3-7(11(15)9(14)4-6)8-5-12(8)2-1-10(17)16-12/h3-4,8H,1-2,5,15H2,(H,16,17). The molecule has 0 bridgehead atoms. The van der Waals surface area contributed by atoms with Crippen LogP contribution >= 0.6 is 15.9 Å². The average Bonchev–Trinajstić information content (AvgIpc) is 2.81. The maximum absolute atomic E-state index is 13.5. The second-order valence-corrected chi connectivity index (χ2v) is 5.77. The molecule has 1 saturated heterocycles. The highest BCUT2D eigenvalue weighted by Gasteiger charge is 2.58. The topological polar surface area (TPSA) is 55.1 Å². The van der Waals surface area contributed by atoms with E-state index in [9.17, 15) is 9.18 Å². The number of hydrogen-bond acceptors (Lipinski definition) is 2. The molecule has 3 nitrogen and oxygen atoms in total. The molecule has 1 spiro atoms. The Kier molecular flexibility index (Phi) is 2.23. The van der Waals surface area contributed by atoms with Gasteiger partial charge in [0.25, 0.3) is 0 Å². The molecule has 17 heavy (non-hydrogen) atoms. The zero-order valence-electron chi connectivity index (χ0n) is 9.09. The molecule has 2 fully saturated rings. The number of hydrogen-bond donors (Lipinski definition) is 2. The average molecular weight is 299 g/mol. The van der Waals surface area contributed by atoms with Crippen molar-refractivity contribution in [1.29, 1.82) is 0 Å². The van der Waals surface area contributed by atoms with Crippen LogP contribution in [0.1, 0.15) is 30.7 Å². The van der Waals surface area contributed by atoms with Crippen molar-refractivity contribution in [2.24, 2.45) is 0 Å². The number of carbonyl (C=O) groups is 1. The molecule has 1 aromatic carbocycles. The van der Waals surface area contributed by atoms with Crippen LogP contribution in [0.4, 0.5) is 10.1 Å². The van der Waals surface area contributed by atoms with Crippen molar-refractivity contribution in [2.45, 2.75) is 30.7 Å². The van der Waals surface area contributed by atoms with Gasteiger partial charge in [-0.3, -0.25) is 4.79 Å². The Balaban J connectivity index is 1.95. The van der Waals surface area contributed by atoms with E-state index in [-0.39, 0.29) is 23.1 Å². The lowest BCUT2D eigenvalue weighted by Gasteiger charge is -2.12. The molecule has 3 rings (SSSR count). The van der Waals surface area contributed by atoms with Crippen LogP contribution in [0.2, 0.25) is 0 Å². The van der Waals surface area contributed by atoms with Crippen LogP contribution in [0.3, 0.4) is 0 Å². The van der Waals surface area contributed by atoms with E-state index in [1.165, 1.54) is 6.07 Å². The van der Waals surface area contributed by atoms with E-state index in [0.717, 1.165) is 18.4 Å². The number of nitrogens with two attached hydrogens (primary N) is 1. The summed E-state index contributed by atoms with van der Waals surface area (Å²) in [7, 11) is 0. The third-order valence-electron chi connectivity index (χ3n) is 3.76. The molecular formula is C12H12BrFN2O. The Morgan fingerprint density at radius 2 is 2.29 bits per heavy atom. The smallest absolute Gasteiger partial charge is 0.220 e. The predicted molar refractivity (Wildman–Crippen MR) is 66.0 cm³/mol. The summed E-state index contributed by atoms with van der Waals surface area (Å²) >= 11 is 3.27. The zero-order chi connectivity index (χ0) is 12.2. The molecular weight excluding hydrogens is 287 g/mol. The first-order valence-corrected chi connectivity index (χ1v) is 6.36. The van der Waals surface area contributed by atoms with Gasteiger partial charge < -0.3 is 11.1 Å². The fourth-order valence-corrected chi connectivity index (χ4v) is 3.21. The molecule has 1 aliphatic carbocycles. The van der Waals surface area contributed by atoms with Crippen LogP contribution < -0.4 is 11.1 Å². The van der Waals surface area contributed by atoms with E-state index < -0.39 is 5.82 Å². The van der Waals surface area contributed by atoms with Gasteiger partial charge in [0.2, 0.25) is 5.91 Å². The van der Waals surface area contributed by atoms with Gasteiger partial charge in [-0.1, -0.05) is 15.9 Å². The summed E-state index contributed by atoms with van der Waals surface area (Å²) in [6, 6.07) is 3.21. The molecule has 1 aromatic rings. The van der Waals surface area contributed by atoms with Crippen LogP contribution in [0, 0.1) is 5.82 Å². The summed E-state index contributed by atoms with van der Waals surface area (Å²) < 4.78 is 14.2. The van der Waals surface area contributed by atoms with Crippen molar-refractivity contribution in [1.82, 2.24) is 5.32 Å². The highest BCUT2D eigenvalue weighted by Crippen LogP contribution is 2.57. The molecule has 1 aliphatic heterocycles. The largest absolute Gasteiger partial charge is 0.396 e. The number of anilines is 1. The summed E-state index contributed by atoms with van der Waals surface area (Å²) in [5, 5.41) is 2.99. The number of benzene rings is 1. The number of nitrogen functional groups attached to an aromatic ring is 1. The first kappa shape index (κ1) is 11.0. The fraction of sp³-hybridized carbons (Fsp3) is 0.417. The summed E-state index contributed by atoms with van der Waals surface area (Å²) in [6.45, 7) is 0. The van der Waals surface area contributed by atoms with Gasteiger partial charge in [-0.15, -0.1) is 0 Å². The fourth-order valence-electron chi connectivity index (χ4n) is 2.76. The minimum atomic E-state index is -0.402. The maximum Gasteiger partial charge on any atom is 0.220 e. The number of halogens is 2. The Morgan fingerprint density at radius 1 is 1.53 bits per heavy atom. The van der Waals surface area contributed by atoms with E-state index in [4.69, 9.17) is 5.73 Å². The van der Waals surface area contributed by atoms with E-state index >= 15 is 0 Å².